The minimum Gasteiger partial charge on any atom is -0.352 e. The number of para-hydroxylation sites is 1. The molecular weight excluding hydrogens is 404 g/mol. The molecule has 8 heteroatoms. The molecule has 0 heterocycles. The Balaban J connectivity index is 0.00000450. The van der Waals surface area contributed by atoms with E-state index in [0.717, 1.165) is 0 Å². The van der Waals surface area contributed by atoms with Gasteiger partial charge >= 0.3 is 0 Å². The van der Waals surface area contributed by atoms with Crippen LogP contribution in [-0.2, 0) is 0 Å². The Hall–Kier alpha value is -2.90. The summed E-state index contributed by atoms with van der Waals surface area (Å²) in [5, 5.41) is 8.30. The minimum absolute atomic E-state index is 0. The van der Waals surface area contributed by atoms with E-state index < -0.39 is 0 Å². The van der Waals surface area contributed by atoms with Gasteiger partial charge in [0, 0.05) is 30.8 Å². The lowest BCUT2D eigenvalue weighted by molar-refractivity contribution is 0.0935. The first-order valence-corrected chi connectivity index (χ1v) is 9.48. The number of halogens is 1. The summed E-state index contributed by atoms with van der Waals surface area (Å²) in [6, 6.07) is 13.1. The van der Waals surface area contributed by atoms with Crippen molar-refractivity contribution in [2.75, 3.05) is 25.0 Å². The third-order valence-electron chi connectivity index (χ3n) is 4.04. The lowest BCUT2D eigenvalue weighted by Crippen LogP contribution is -2.32. The lowest BCUT2D eigenvalue weighted by atomic mass is 9.97. The van der Waals surface area contributed by atoms with Crippen molar-refractivity contribution in [1.29, 1.82) is 0 Å². The summed E-state index contributed by atoms with van der Waals surface area (Å²) in [5.41, 5.74) is 7.01. The SMILES string of the molecule is CC(C)(C)CNC(=O)c1ccc(C(=O)Nc2ccccc2C(=O)NCCN)cc1.Cl. The van der Waals surface area contributed by atoms with Gasteiger partial charge in [0.05, 0.1) is 11.3 Å². The first-order chi connectivity index (χ1) is 13.7. The Morgan fingerprint density at radius 1 is 0.833 bits per heavy atom. The van der Waals surface area contributed by atoms with Gasteiger partial charge in [0.25, 0.3) is 17.7 Å². The van der Waals surface area contributed by atoms with Gasteiger partial charge < -0.3 is 21.7 Å². The molecule has 0 spiro atoms. The van der Waals surface area contributed by atoms with Crippen LogP contribution in [0.2, 0.25) is 0 Å². The van der Waals surface area contributed by atoms with Crippen LogP contribution in [0.1, 0.15) is 51.8 Å². The van der Waals surface area contributed by atoms with Crippen LogP contribution in [-0.4, -0.2) is 37.4 Å². The Kier molecular flexibility index (Phi) is 9.49. The van der Waals surface area contributed by atoms with Crippen LogP contribution in [0, 0.1) is 5.41 Å². The maximum absolute atomic E-state index is 12.6. The second-order valence-electron chi connectivity index (χ2n) is 7.86. The van der Waals surface area contributed by atoms with E-state index in [1.54, 1.807) is 48.5 Å². The molecule has 0 aliphatic rings. The molecule has 2 aromatic rings. The monoisotopic (exact) mass is 432 g/mol. The zero-order valence-corrected chi connectivity index (χ0v) is 18.3. The summed E-state index contributed by atoms with van der Waals surface area (Å²) in [6.07, 6.45) is 0. The van der Waals surface area contributed by atoms with Gasteiger partial charge in [0.1, 0.15) is 0 Å². The molecule has 5 N–H and O–H groups in total. The average Bonchev–Trinajstić information content (AvgIpc) is 2.70. The smallest absolute Gasteiger partial charge is 0.255 e. The number of nitrogens with one attached hydrogen (secondary N) is 3. The van der Waals surface area contributed by atoms with Crippen molar-refractivity contribution in [2.24, 2.45) is 11.1 Å². The largest absolute Gasteiger partial charge is 0.352 e. The molecule has 0 saturated carbocycles. The molecule has 2 aromatic carbocycles. The van der Waals surface area contributed by atoms with Gasteiger partial charge in [-0.15, -0.1) is 12.4 Å². The summed E-state index contributed by atoms with van der Waals surface area (Å²) in [6.45, 7) is 7.34. The van der Waals surface area contributed by atoms with Gasteiger partial charge in [-0.25, -0.2) is 0 Å². The van der Waals surface area contributed by atoms with Gasteiger partial charge in [-0.3, -0.25) is 14.4 Å². The lowest BCUT2D eigenvalue weighted by Gasteiger charge is -2.18. The average molecular weight is 433 g/mol. The highest BCUT2D eigenvalue weighted by atomic mass is 35.5. The fourth-order valence-electron chi connectivity index (χ4n) is 2.49. The predicted molar refractivity (Wildman–Crippen MR) is 121 cm³/mol. The summed E-state index contributed by atoms with van der Waals surface area (Å²) in [5.74, 6) is -0.864. The molecule has 162 valence electrons. The number of carbonyl (C=O) groups excluding carboxylic acids is 3. The zero-order valence-electron chi connectivity index (χ0n) is 17.5. The van der Waals surface area contributed by atoms with E-state index in [-0.39, 0.29) is 35.5 Å². The summed E-state index contributed by atoms with van der Waals surface area (Å²) >= 11 is 0. The Labute approximate surface area is 183 Å². The van der Waals surface area contributed by atoms with E-state index in [2.05, 4.69) is 16.0 Å². The molecule has 0 saturated heterocycles. The molecule has 0 fully saturated rings. The molecule has 2 rings (SSSR count). The Morgan fingerprint density at radius 2 is 1.40 bits per heavy atom. The second-order valence-corrected chi connectivity index (χ2v) is 7.86. The Bertz CT molecular complexity index is 877. The van der Waals surface area contributed by atoms with Crippen LogP contribution in [0.25, 0.3) is 0 Å². The van der Waals surface area contributed by atoms with Crippen molar-refractivity contribution in [3.63, 3.8) is 0 Å². The molecule has 3 amide bonds. The predicted octanol–water partition coefficient (Wildman–Crippen LogP) is 2.83. The van der Waals surface area contributed by atoms with E-state index in [1.165, 1.54) is 0 Å². The van der Waals surface area contributed by atoms with Crippen molar-refractivity contribution in [1.82, 2.24) is 10.6 Å². The van der Waals surface area contributed by atoms with Crippen molar-refractivity contribution in [3.05, 3.63) is 65.2 Å². The van der Waals surface area contributed by atoms with Gasteiger partial charge in [-0.05, 0) is 41.8 Å². The van der Waals surface area contributed by atoms with Crippen LogP contribution >= 0.6 is 12.4 Å². The van der Waals surface area contributed by atoms with Gasteiger partial charge in [-0.2, -0.15) is 0 Å². The number of anilines is 1. The summed E-state index contributed by atoms with van der Waals surface area (Å²) in [4.78, 5) is 37.0. The zero-order chi connectivity index (χ0) is 21.4. The van der Waals surface area contributed by atoms with Crippen molar-refractivity contribution in [3.8, 4) is 0 Å². The Morgan fingerprint density at radius 3 is 1.97 bits per heavy atom. The van der Waals surface area contributed by atoms with Gasteiger partial charge in [0.15, 0.2) is 0 Å². The fourth-order valence-corrected chi connectivity index (χ4v) is 2.49. The van der Waals surface area contributed by atoms with Crippen LogP contribution in [0.5, 0.6) is 0 Å². The first kappa shape index (κ1) is 25.1. The minimum atomic E-state index is -0.370. The molecule has 0 aliphatic carbocycles. The van der Waals surface area contributed by atoms with E-state index in [1.807, 2.05) is 20.8 Å². The highest BCUT2D eigenvalue weighted by Crippen LogP contribution is 2.17. The molecule has 0 radical (unpaired) electrons. The second kappa shape index (κ2) is 11.3. The van der Waals surface area contributed by atoms with E-state index >= 15 is 0 Å². The molecule has 0 aromatic heterocycles. The molecule has 30 heavy (non-hydrogen) atoms. The highest BCUT2D eigenvalue weighted by Gasteiger charge is 2.15. The molecule has 0 unspecified atom stereocenters. The number of hydrogen-bond donors (Lipinski definition) is 4. The highest BCUT2D eigenvalue weighted by molar-refractivity contribution is 6.09. The molecule has 7 nitrogen and oxygen atoms in total. The molecular formula is C22H29ClN4O3. The third-order valence-corrected chi connectivity index (χ3v) is 4.04. The number of rotatable bonds is 7. The van der Waals surface area contributed by atoms with Crippen molar-refractivity contribution in [2.45, 2.75) is 20.8 Å². The molecule has 0 atom stereocenters. The van der Waals surface area contributed by atoms with E-state index in [4.69, 9.17) is 5.73 Å². The maximum atomic E-state index is 12.6. The first-order valence-electron chi connectivity index (χ1n) is 9.48. The van der Waals surface area contributed by atoms with Crippen LogP contribution in [0.15, 0.2) is 48.5 Å². The van der Waals surface area contributed by atoms with E-state index in [9.17, 15) is 14.4 Å². The number of amides is 3. The fraction of sp³-hybridized carbons (Fsp3) is 0.318. The number of benzene rings is 2. The standard InChI is InChI=1S/C22H28N4O3.ClH/c1-22(2,3)14-25-19(27)15-8-10-16(11-9-15)20(28)26-18-7-5-4-6-17(18)21(29)24-13-12-23;/h4-11H,12-14,23H2,1-3H3,(H,24,29)(H,25,27)(H,26,28);1H. The normalized spacial score (nSPS) is 10.5. The maximum Gasteiger partial charge on any atom is 0.255 e. The molecule has 0 bridgehead atoms. The molecule has 0 aliphatic heterocycles. The van der Waals surface area contributed by atoms with E-state index in [0.29, 0.717) is 42.0 Å². The van der Waals surface area contributed by atoms with Gasteiger partial charge in [-0.1, -0.05) is 32.9 Å². The summed E-state index contributed by atoms with van der Waals surface area (Å²) < 4.78 is 0. The van der Waals surface area contributed by atoms with Crippen molar-refractivity contribution >= 4 is 35.8 Å². The topological polar surface area (TPSA) is 113 Å². The van der Waals surface area contributed by atoms with Crippen LogP contribution in [0.3, 0.4) is 0 Å². The van der Waals surface area contributed by atoms with Crippen LogP contribution < -0.4 is 21.7 Å². The summed E-state index contributed by atoms with van der Waals surface area (Å²) in [7, 11) is 0. The number of carbonyl (C=O) groups is 3. The van der Waals surface area contributed by atoms with Crippen LogP contribution in [0.4, 0.5) is 5.69 Å². The number of nitrogens with two attached hydrogens (primary N) is 1. The van der Waals surface area contributed by atoms with Gasteiger partial charge in [0.2, 0.25) is 0 Å². The van der Waals surface area contributed by atoms with Crippen molar-refractivity contribution < 1.29 is 14.4 Å². The third kappa shape index (κ3) is 7.50. The quantitative estimate of drug-likeness (QED) is 0.538. The number of hydrogen-bond acceptors (Lipinski definition) is 4.